The molecule has 2 N–H and O–H groups in total. The molecule has 1 aromatic carbocycles. The molecule has 0 amide bonds. The zero-order chi connectivity index (χ0) is 23.6. The number of likely N-dealkylation sites (N-methyl/N-ethyl adjacent to an activating group) is 1. The van der Waals surface area contributed by atoms with Crippen LogP contribution < -0.4 is 4.74 Å². The number of hydrogen-bond donors (Lipinski definition) is 2. The number of rotatable bonds is 8. The lowest BCUT2D eigenvalue weighted by Crippen LogP contribution is -2.78. The molecule has 5 atom stereocenters. The summed E-state index contributed by atoms with van der Waals surface area (Å²) in [5.74, 6) is 0.162. The Morgan fingerprint density at radius 1 is 1.36 bits per heavy atom. The van der Waals surface area contributed by atoms with Crippen LogP contribution in [0.4, 0.5) is 3.89 Å². The van der Waals surface area contributed by atoms with Gasteiger partial charge in [0.2, 0.25) is 0 Å². The van der Waals surface area contributed by atoms with Crippen LogP contribution in [-0.4, -0.2) is 84.7 Å². The quantitative estimate of drug-likeness (QED) is 0.335. The second kappa shape index (κ2) is 7.93. The van der Waals surface area contributed by atoms with E-state index in [1.54, 1.807) is 6.07 Å². The molecule has 1 aromatic rings. The third-order valence-corrected chi connectivity index (χ3v) is 9.40. The maximum absolute atomic E-state index is 12.9. The van der Waals surface area contributed by atoms with Gasteiger partial charge in [-0.1, -0.05) is 12.1 Å². The number of hydrogen-bond acceptors (Lipinski definition) is 7. The number of halogens is 1. The Kier molecular flexibility index (Phi) is 5.55. The zero-order valence-corrected chi connectivity index (χ0v) is 19.9. The summed E-state index contributed by atoms with van der Waals surface area (Å²) in [6.07, 6.45) is 5.17. The molecular formula is C24H33FN2O5S. The minimum absolute atomic E-state index is 0.00314. The Balaban J connectivity index is 1.49. The SMILES string of the molecule is C=CCN1CC[C@]23c4c5ccc(O)c4OC2[C@H](N(C)CCCCS(=O)(=O)F)CC[C@@]3(O)C1C5. The highest BCUT2D eigenvalue weighted by atomic mass is 32.3. The molecule has 0 aromatic heterocycles. The normalized spacial score (nSPS) is 34.7. The van der Waals surface area contributed by atoms with Crippen molar-refractivity contribution in [1.82, 2.24) is 9.80 Å². The zero-order valence-electron chi connectivity index (χ0n) is 19.0. The van der Waals surface area contributed by atoms with Crippen molar-refractivity contribution in [2.24, 2.45) is 0 Å². The van der Waals surface area contributed by atoms with Crippen LogP contribution >= 0.6 is 0 Å². The van der Waals surface area contributed by atoms with E-state index in [4.69, 9.17) is 4.74 Å². The number of nitrogens with zero attached hydrogens (tertiary/aromatic N) is 2. The number of benzene rings is 1. The maximum Gasteiger partial charge on any atom is 0.302 e. The van der Waals surface area contributed by atoms with Crippen LogP contribution in [0.5, 0.6) is 11.5 Å². The number of phenolic OH excluding ortho intramolecular Hbond substituents is 1. The second-order valence-corrected chi connectivity index (χ2v) is 11.7. The molecule has 9 heteroatoms. The number of aromatic hydroxyl groups is 1. The van der Waals surface area contributed by atoms with Crippen LogP contribution in [0.15, 0.2) is 24.8 Å². The van der Waals surface area contributed by atoms with Crippen molar-refractivity contribution in [3.63, 3.8) is 0 Å². The van der Waals surface area contributed by atoms with Crippen LogP contribution in [0, 0.1) is 0 Å². The maximum atomic E-state index is 12.9. The fourth-order valence-electron chi connectivity index (χ4n) is 7.24. The Morgan fingerprint density at radius 2 is 2.15 bits per heavy atom. The minimum Gasteiger partial charge on any atom is -0.504 e. The lowest BCUT2D eigenvalue weighted by atomic mass is 9.48. The van der Waals surface area contributed by atoms with Crippen molar-refractivity contribution >= 4 is 10.2 Å². The minimum atomic E-state index is -4.45. The van der Waals surface area contributed by atoms with Gasteiger partial charge in [0, 0.05) is 24.2 Å². The van der Waals surface area contributed by atoms with Crippen LogP contribution in [-0.2, 0) is 22.1 Å². The molecular weight excluding hydrogens is 447 g/mol. The van der Waals surface area contributed by atoms with E-state index in [2.05, 4.69) is 16.4 Å². The van der Waals surface area contributed by atoms with Gasteiger partial charge in [0.15, 0.2) is 11.5 Å². The lowest BCUT2D eigenvalue weighted by molar-refractivity contribution is -0.197. The molecule has 182 valence electrons. The van der Waals surface area contributed by atoms with E-state index in [0.29, 0.717) is 31.6 Å². The summed E-state index contributed by atoms with van der Waals surface area (Å²) in [6, 6.07) is 3.61. The Labute approximate surface area is 195 Å². The van der Waals surface area contributed by atoms with Gasteiger partial charge in [0.25, 0.3) is 0 Å². The Morgan fingerprint density at radius 3 is 2.88 bits per heavy atom. The van der Waals surface area contributed by atoms with Crippen molar-refractivity contribution in [3.8, 4) is 11.5 Å². The smallest absolute Gasteiger partial charge is 0.302 e. The first kappa shape index (κ1) is 23.1. The highest BCUT2D eigenvalue weighted by Crippen LogP contribution is 2.65. The van der Waals surface area contributed by atoms with E-state index >= 15 is 0 Å². The predicted octanol–water partition coefficient (Wildman–Crippen LogP) is 2.11. The molecule has 2 aliphatic heterocycles. The van der Waals surface area contributed by atoms with E-state index in [0.717, 1.165) is 37.1 Å². The first-order valence-electron chi connectivity index (χ1n) is 11.8. The van der Waals surface area contributed by atoms with Gasteiger partial charge in [-0.25, -0.2) is 0 Å². The summed E-state index contributed by atoms with van der Waals surface area (Å²) < 4.78 is 41.0. The van der Waals surface area contributed by atoms with Crippen molar-refractivity contribution in [1.29, 1.82) is 0 Å². The van der Waals surface area contributed by atoms with Crippen molar-refractivity contribution < 1.29 is 27.3 Å². The highest BCUT2D eigenvalue weighted by Gasteiger charge is 2.73. The highest BCUT2D eigenvalue weighted by molar-refractivity contribution is 7.86. The molecule has 7 nitrogen and oxygen atoms in total. The summed E-state index contributed by atoms with van der Waals surface area (Å²) >= 11 is 0. The molecule has 5 rings (SSSR count). The summed E-state index contributed by atoms with van der Waals surface area (Å²) in [5.41, 5.74) is 0.539. The number of likely N-dealkylation sites (tertiary alicyclic amines) is 1. The van der Waals surface area contributed by atoms with Gasteiger partial charge < -0.3 is 14.9 Å². The van der Waals surface area contributed by atoms with E-state index in [9.17, 15) is 22.5 Å². The molecule has 0 radical (unpaired) electrons. The Hall–Kier alpha value is -1.68. The first-order valence-corrected chi connectivity index (χ1v) is 13.4. The molecule has 1 saturated heterocycles. The Bertz CT molecular complexity index is 1070. The largest absolute Gasteiger partial charge is 0.504 e. The summed E-state index contributed by atoms with van der Waals surface area (Å²) in [7, 11) is -2.47. The topological polar surface area (TPSA) is 90.3 Å². The summed E-state index contributed by atoms with van der Waals surface area (Å²) in [5, 5.41) is 23.0. The number of aliphatic hydroxyl groups is 1. The van der Waals surface area contributed by atoms with E-state index in [-0.39, 0.29) is 30.4 Å². The fraction of sp³-hybridized carbons (Fsp3) is 0.667. The average Bonchev–Trinajstić information content (AvgIpc) is 3.10. The number of piperidine rings is 1. The molecule has 1 spiro atoms. The monoisotopic (exact) mass is 480 g/mol. The molecule has 1 saturated carbocycles. The van der Waals surface area contributed by atoms with Gasteiger partial charge in [-0.15, -0.1) is 10.5 Å². The fourth-order valence-corrected chi connectivity index (χ4v) is 7.79. The third kappa shape index (κ3) is 3.34. The standard InChI is InChI=1S/C24H33FN2O5S/c1-3-11-27-13-10-23-20-16-6-7-18(28)21(20)32-22(23)17(8-9-24(23,29)19(27)15-16)26(2)12-4-5-14-33(25,30)31/h3,6-7,17,19,22,28-29H,1,4-5,8-15H2,2H3/t17-,19?,22?,23+,24-/m1/s1. The van der Waals surface area contributed by atoms with Crippen LogP contribution in [0.2, 0.25) is 0 Å². The number of phenols is 1. The van der Waals surface area contributed by atoms with Crippen LogP contribution in [0.3, 0.4) is 0 Å². The summed E-state index contributed by atoms with van der Waals surface area (Å²) in [4.78, 5) is 4.48. The molecule has 2 heterocycles. The van der Waals surface area contributed by atoms with Gasteiger partial charge in [-0.2, -0.15) is 8.42 Å². The molecule has 2 unspecified atom stereocenters. The van der Waals surface area contributed by atoms with Crippen LogP contribution in [0.25, 0.3) is 0 Å². The van der Waals surface area contributed by atoms with Crippen molar-refractivity contribution in [3.05, 3.63) is 35.9 Å². The van der Waals surface area contributed by atoms with Gasteiger partial charge in [-0.05, 0) is 70.3 Å². The van der Waals surface area contributed by atoms with E-state index in [1.807, 2.05) is 19.2 Å². The molecule has 33 heavy (non-hydrogen) atoms. The number of unbranched alkanes of at least 4 members (excludes halogenated alkanes) is 1. The van der Waals surface area contributed by atoms with Crippen molar-refractivity contribution in [2.75, 3.05) is 32.4 Å². The van der Waals surface area contributed by atoms with Crippen molar-refractivity contribution in [2.45, 2.75) is 67.7 Å². The van der Waals surface area contributed by atoms with E-state index in [1.165, 1.54) is 0 Å². The first-order chi connectivity index (χ1) is 15.6. The predicted molar refractivity (Wildman–Crippen MR) is 123 cm³/mol. The van der Waals surface area contributed by atoms with Gasteiger partial charge >= 0.3 is 10.2 Å². The van der Waals surface area contributed by atoms with Gasteiger partial charge in [0.05, 0.1) is 16.8 Å². The van der Waals surface area contributed by atoms with Crippen LogP contribution in [0.1, 0.15) is 43.2 Å². The molecule has 2 bridgehead atoms. The summed E-state index contributed by atoms with van der Waals surface area (Å²) in [6.45, 7) is 6.05. The average molecular weight is 481 g/mol. The molecule has 2 fully saturated rings. The van der Waals surface area contributed by atoms with Gasteiger partial charge in [-0.3, -0.25) is 9.80 Å². The third-order valence-electron chi connectivity index (χ3n) is 8.62. The molecule has 4 aliphatic rings. The van der Waals surface area contributed by atoms with Gasteiger partial charge in [0.1, 0.15) is 6.10 Å². The van der Waals surface area contributed by atoms with E-state index < -0.39 is 27.0 Å². The second-order valence-electron chi connectivity index (χ2n) is 10.2. The number of ether oxygens (including phenoxy) is 1. The lowest BCUT2D eigenvalue weighted by Gasteiger charge is -2.64. The molecule has 2 aliphatic carbocycles.